The third-order valence-corrected chi connectivity index (χ3v) is 4.17. The second kappa shape index (κ2) is 8.57. The number of benzene rings is 1. The van der Waals surface area contributed by atoms with Gasteiger partial charge in [0.15, 0.2) is 11.0 Å². The van der Waals surface area contributed by atoms with Gasteiger partial charge in [-0.25, -0.2) is 0 Å². The van der Waals surface area contributed by atoms with E-state index in [-0.39, 0.29) is 11.7 Å². The lowest BCUT2D eigenvalue weighted by molar-refractivity contribution is -0.115. The average molecular weight is 334 g/mol. The number of nitrogens with two attached hydrogens (primary N) is 1. The molecule has 0 aliphatic carbocycles. The number of primary amides is 1. The van der Waals surface area contributed by atoms with E-state index in [4.69, 9.17) is 10.5 Å². The van der Waals surface area contributed by atoms with Gasteiger partial charge in [-0.3, -0.25) is 4.79 Å². The number of nitrogens with zero attached hydrogens (tertiary/aromatic N) is 3. The van der Waals surface area contributed by atoms with Crippen molar-refractivity contribution >= 4 is 17.7 Å². The molecule has 0 saturated heterocycles. The maximum Gasteiger partial charge on any atom is 0.227 e. The highest BCUT2D eigenvalue weighted by atomic mass is 32.2. The SMILES string of the molecule is CC(C)CCn1c(COc2ccccc2)nnc1SCC(N)=O. The predicted molar refractivity (Wildman–Crippen MR) is 90.2 cm³/mol. The summed E-state index contributed by atoms with van der Waals surface area (Å²) < 4.78 is 7.76. The number of aromatic nitrogens is 3. The Balaban J connectivity index is 2.08. The lowest BCUT2D eigenvalue weighted by Crippen LogP contribution is -2.15. The molecular formula is C16H22N4O2S. The molecule has 23 heavy (non-hydrogen) atoms. The maximum absolute atomic E-state index is 11.0. The van der Waals surface area contributed by atoms with E-state index >= 15 is 0 Å². The minimum absolute atomic E-state index is 0.194. The standard InChI is InChI=1S/C16H22N4O2S/c1-12(2)8-9-20-15(10-22-13-6-4-3-5-7-13)18-19-16(20)23-11-14(17)21/h3-7,12H,8-11H2,1-2H3,(H2,17,21). The van der Waals surface area contributed by atoms with Crippen LogP contribution in [0.1, 0.15) is 26.1 Å². The zero-order valence-electron chi connectivity index (χ0n) is 13.4. The number of para-hydroxylation sites is 1. The summed E-state index contributed by atoms with van der Waals surface area (Å²) in [5, 5.41) is 9.07. The van der Waals surface area contributed by atoms with E-state index in [9.17, 15) is 4.79 Å². The molecule has 7 heteroatoms. The molecule has 124 valence electrons. The van der Waals surface area contributed by atoms with Crippen molar-refractivity contribution in [2.45, 2.75) is 38.6 Å². The fourth-order valence-corrected chi connectivity index (χ4v) is 2.67. The summed E-state index contributed by atoms with van der Waals surface area (Å²) in [6.45, 7) is 5.47. The number of thioether (sulfide) groups is 1. The van der Waals surface area contributed by atoms with Crippen LogP contribution in [-0.4, -0.2) is 26.4 Å². The Morgan fingerprint density at radius 1 is 1.30 bits per heavy atom. The molecule has 0 unspecified atom stereocenters. The Hall–Kier alpha value is -2.02. The van der Waals surface area contributed by atoms with Gasteiger partial charge in [-0.15, -0.1) is 10.2 Å². The quantitative estimate of drug-likeness (QED) is 0.712. The van der Waals surface area contributed by atoms with Crippen LogP contribution in [0, 0.1) is 5.92 Å². The zero-order valence-corrected chi connectivity index (χ0v) is 14.3. The van der Waals surface area contributed by atoms with Crippen LogP contribution in [0.25, 0.3) is 0 Å². The summed E-state index contributed by atoms with van der Waals surface area (Å²) in [4.78, 5) is 11.0. The number of rotatable bonds is 9. The lowest BCUT2D eigenvalue weighted by Gasteiger charge is -2.12. The van der Waals surface area contributed by atoms with Crippen LogP contribution >= 0.6 is 11.8 Å². The summed E-state index contributed by atoms with van der Waals surface area (Å²) in [5.41, 5.74) is 5.21. The highest BCUT2D eigenvalue weighted by molar-refractivity contribution is 7.99. The molecule has 0 fully saturated rings. The number of carbonyl (C=O) groups is 1. The van der Waals surface area contributed by atoms with Crippen molar-refractivity contribution in [3.63, 3.8) is 0 Å². The Bertz CT molecular complexity index is 628. The van der Waals surface area contributed by atoms with E-state index < -0.39 is 0 Å². The first-order valence-electron chi connectivity index (χ1n) is 7.57. The second-order valence-electron chi connectivity index (χ2n) is 5.59. The summed E-state index contributed by atoms with van der Waals surface area (Å²) >= 11 is 1.31. The molecule has 2 aromatic rings. The molecular weight excluding hydrogens is 312 g/mol. The molecule has 0 aliphatic heterocycles. The Morgan fingerprint density at radius 3 is 2.70 bits per heavy atom. The van der Waals surface area contributed by atoms with E-state index in [1.807, 2.05) is 34.9 Å². The van der Waals surface area contributed by atoms with Crippen molar-refractivity contribution in [3.05, 3.63) is 36.2 Å². The van der Waals surface area contributed by atoms with Crippen molar-refractivity contribution < 1.29 is 9.53 Å². The van der Waals surface area contributed by atoms with Crippen LogP contribution in [0.4, 0.5) is 0 Å². The van der Waals surface area contributed by atoms with Crippen molar-refractivity contribution in [1.29, 1.82) is 0 Å². The monoisotopic (exact) mass is 334 g/mol. The van der Waals surface area contributed by atoms with Gasteiger partial charge >= 0.3 is 0 Å². The van der Waals surface area contributed by atoms with Crippen LogP contribution in [-0.2, 0) is 17.9 Å². The van der Waals surface area contributed by atoms with Crippen molar-refractivity contribution in [3.8, 4) is 5.75 Å². The number of amides is 1. The smallest absolute Gasteiger partial charge is 0.227 e. The molecule has 0 saturated carbocycles. The highest BCUT2D eigenvalue weighted by Gasteiger charge is 2.14. The van der Waals surface area contributed by atoms with E-state index in [1.54, 1.807) is 0 Å². The summed E-state index contributed by atoms with van der Waals surface area (Å²) in [6, 6.07) is 9.59. The van der Waals surface area contributed by atoms with Gasteiger partial charge in [0.2, 0.25) is 5.91 Å². The van der Waals surface area contributed by atoms with E-state index in [2.05, 4.69) is 24.0 Å². The molecule has 2 rings (SSSR count). The second-order valence-corrected chi connectivity index (χ2v) is 6.53. The molecule has 0 spiro atoms. The van der Waals surface area contributed by atoms with Crippen LogP contribution < -0.4 is 10.5 Å². The summed E-state index contributed by atoms with van der Waals surface area (Å²) in [5.74, 6) is 1.93. The van der Waals surface area contributed by atoms with Crippen molar-refractivity contribution in [1.82, 2.24) is 14.8 Å². The molecule has 1 amide bonds. The van der Waals surface area contributed by atoms with Gasteiger partial charge in [0.05, 0.1) is 5.75 Å². The Kier molecular flexibility index (Phi) is 6.46. The third kappa shape index (κ3) is 5.59. The molecule has 6 nitrogen and oxygen atoms in total. The van der Waals surface area contributed by atoms with Gasteiger partial charge in [0.25, 0.3) is 0 Å². The summed E-state index contributed by atoms with van der Waals surface area (Å²) in [7, 11) is 0. The van der Waals surface area contributed by atoms with Gasteiger partial charge in [-0.2, -0.15) is 0 Å². The fourth-order valence-electron chi connectivity index (χ4n) is 1.94. The molecule has 0 radical (unpaired) electrons. The lowest BCUT2D eigenvalue weighted by atomic mass is 10.1. The van der Waals surface area contributed by atoms with E-state index in [0.717, 1.165) is 24.5 Å². The number of carbonyl (C=O) groups excluding carboxylic acids is 1. The topological polar surface area (TPSA) is 83.0 Å². The Labute approximate surface area is 140 Å². The van der Waals surface area contributed by atoms with Crippen LogP contribution in [0.3, 0.4) is 0 Å². The number of hydrogen-bond donors (Lipinski definition) is 1. The molecule has 1 aromatic carbocycles. The Morgan fingerprint density at radius 2 is 2.04 bits per heavy atom. The number of ether oxygens (including phenoxy) is 1. The molecule has 0 atom stereocenters. The normalized spacial score (nSPS) is 10.9. The molecule has 0 bridgehead atoms. The van der Waals surface area contributed by atoms with E-state index in [1.165, 1.54) is 11.8 Å². The fraction of sp³-hybridized carbons (Fsp3) is 0.438. The third-order valence-electron chi connectivity index (χ3n) is 3.18. The first-order chi connectivity index (χ1) is 11.1. The minimum Gasteiger partial charge on any atom is -0.486 e. The average Bonchev–Trinajstić information content (AvgIpc) is 2.92. The van der Waals surface area contributed by atoms with Gasteiger partial charge < -0.3 is 15.0 Å². The van der Waals surface area contributed by atoms with Crippen LogP contribution in [0.15, 0.2) is 35.5 Å². The highest BCUT2D eigenvalue weighted by Crippen LogP contribution is 2.19. The molecule has 0 aliphatic rings. The minimum atomic E-state index is -0.365. The van der Waals surface area contributed by atoms with Gasteiger partial charge in [0, 0.05) is 6.54 Å². The maximum atomic E-state index is 11.0. The first-order valence-corrected chi connectivity index (χ1v) is 8.56. The van der Waals surface area contributed by atoms with Gasteiger partial charge in [-0.05, 0) is 24.5 Å². The van der Waals surface area contributed by atoms with Crippen molar-refractivity contribution in [2.75, 3.05) is 5.75 Å². The number of hydrogen-bond acceptors (Lipinski definition) is 5. The summed E-state index contributed by atoms with van der Waals surface area (Å²) in [6.07, 6.45) is 1.00. The van der Waals surface area contributed by atoms with E-state index in [0.29, 0.717) is 17.7 Å². The molecule has 1 heterocycles. The predicted octanol–water partition coefficient (Wildman–Crippen LogP) is 2.48. The van der Waals surface area contributed by atoms with Gasteiger partial charge in [-0.1, -0.05) is 43.8 Å². The van der Waals surface area contributed by atoms with Crippen LogP contribution in [0.2, 0.25) is 0 Å². The van der Waals surface area contributed by atoms with Crippen molar-refractivity contribution in [2.24, 2.45) is 11.7 Å². The molecule has 2 N–H and O–H groups in total. The largest absolute Gasteiger partial charge is 0.486 e. The molecule has 1 aromatic heterocycles. The van der Waals surface area contributed by atoms with Gasteiger partial charge in [0.1, 0.15) is 12.4 Å². The van der Waals surface area contributed by atoms with Crippen LogP contribution in [0.5, 0.6) is 5.75 Å². The zero-order chi connectivity index (χ0) is 16.7. The first kappa shape index (κ1) is 17.3.